The van der Waals surface area contributed by atoms with Crippen molar-refractivity contribution in [3.05, 3.63) is 0 Å². The van der Waals surface area contributed by atoms with E-state index in [1.165, 1.54) is 161 Å². The zero-order chi connectivity index (χ0) is 34.8. The van der Waals surface area contributed by atoms with Crippen LogP contribution in [0.3, 0.4) is 0 Å². The van der Waals surface area contributed by atoms with Crippen molar-refractivity contribution in [1.29, 1.82) is 0 Å². The normalized spacial score (nSPS) is 10.5. The van der Waals surface area contributed by atoms with Gasteiger partial charge < -0.3 is 15.3 Å². The minimum Gasteiger partial charge on any atom is -0.481 e. The zero-order valence-corrected chi connectivity index (χ0v) is 31.1. The smallest absolute Gasteiger partial charge is 0.303 e. The molecule has 0 amide bonds. The third-order valence-corrected chi connectivity index (χ3v) is 8.48. The molecular formula is C40H80O6. The Morgan fingerprint density at radius 1 is 0.261 bits per heavy atom. The van der Waals surface area contributed by atoms with Gasteiger partial charge in [-0.2, -0.15) is 0 Å². The molecule has 0 aliphatic carbocycles. The lowest BCUT2D eigenvalue weighted by Crippen LogP contribution is -1.93. The van der Waals surface area contributed by atoms with Gasteiger partial charge >= 0.3 is 17.9 Å². The Labute approximate surface area is 286 Å². The van der Waals surface area contributed by atoms with E-state index in [0.717, 1.165) is 38.5 Å². The summed E-state index contributed by atoms with van der Waals surface area (Å²) in [5.74, 6) is -1.98. The largest absolute Gasteiger partial charge is 0.481 e. The molecule has 0 atom stereocenters. The second-order valence-corrected chi connectivity index (χ2v) is 13.3. The van der Waals surface area contributed by atoms with Crippen molar-refractivity contribution in [2.75, 3.05) is 0 Å². The standard InChI is InChI=1S/C18H36O2.C12H24O2.C10H20O2/c1-2-3-4-5-6-7-8-9-10-11-12-13-14-15-16-17-18(19)20;1-2-3-4-5-6-7-8-9-10-11-12(13)14;1-2-3-4-5-6-7-8-9-10(11)12/h2-17H2,1H3,(H,19,20);2-11H2,1H3,(H,13,14);2-9H2,1H3,(H,11,12). The summed E-state index contributed by atoms with van der Waals surface area (Å²) in [4.78, 5) is 30.7. The lowest BCUT2D eigenvalue weighted by Gasteiger charge is -2.03. The van der Waals surface area contributed by atoms with Gasteiger partial charge in [-0.15, -0.1) is 0 Å². The first kappa shape index (κ1) is 48.8. The quantitative estimate of drug-likeness (QED) is 0.0594. The number of carboxylic acid groups (broad SMARTS) is 3. The molecule has 0 aromatic heterocycles. The van der Waals surface area contributed by atoms with Crippen molar-refractivity contribution in [2.45, 2.75) is 239 Å². The summed E-state index contributed by atoms with van der Waals surface area (Å²) >= 11 is 0. The van der Waals surface area contributed by atoms with Crippen LogP contribution < -0.4 is 0 Å². The average molecular weight is 657 g/mol. The zero-order valence-electron chi connectivity index (χ0n) is 31.1. The fraction of sp³-hybridized carbons (Fsp3) is 0.925. The van der Waals surface area contributed by atoms with E-state index in [-0.39, 0.29) is 0 Å². The van der Waals surface area contributed by atoms with Crippen LogP contribution in [-0.4, -0.2) is 33.2 Å². The maximum absolute atomic E-state index is 10.3. The average Bonchev–Trinajstić information content (AvgIpc) is 3.02. The van der Waals surface area contributed by atoms with Crippen molar-refractivity contribution in [1.82, 2.24) is 0 Å². The van der Waals surface area contributed by atoms with Crippen LogP contribution in [-0.2, 0) is 14.4 Å². The molecule has 0 unspecified atom stereocenters. The number of rotatable bonds is 34. The predicted octanol–water partition coefficient (Wildman–Crippen LogP) is 13.5. The van der Waals surface area contributed by atoms with Crippen molar-refractivity contribution in [3.8, 4) is 0 Å². The van der Waals surface area contributed by atoms with E-state index in [0.29, 0.717) is 19.3 Å². The van der Waals surface area contributed by atoms with Gasteiger partial charge in [0.2, 0.25) is 0 Å². The summed E-state index contributed by atoms with van der Waals surface area (Å²) in [6.45, 7) is 6.70. The van der Waals surface area contributed by atoms with Gasteiger partial charge in [-0.3, -0.25) is 14.4 Å². The SMILES string of the molecule is CCCCCCCCCC(=O)O.CCCCCCCCCCCC(=O)O.CCCCCCCCCCCCCCCCCC(=O)O. The van der Waals surface area contributed by atoms with Gasteiger partial charge in [0, 0.05) is 19.3 Å². The molecule has 0 aromatic carbocycles. The van der Waals surface area contributed by atoms with Crippen LogP contribution in [0, 0.1) is 0 Å². The molecule has 0 spiro atoms. The monoisotopic (exact) mass is 657 g/mol. The van der Waals surface area contributed by atoms with Crippen molar-refractivity contribution < 1.29 is 29.7 Å². The molecule has 46 heavy (non-hydrogen) atoms. The van der Waals surface area contributed by atoms with Gasteiger partial charge in [-0.1, -0.05) is 201 Å². The first-order valence-corrected chi connectivity index (χ1v) is 20.0. The van der Waals surface area contributed by atoms with Crippen LogP contribution in [0.25, 0.3) is 0 Å². The van der Waals surface area contributed by atoms with Gasteiger partial charge in [0.05, 0.1) is 0 Å². The Hall–Kier alpha value is -1.59. The van der Waals surface area contributed by atoms with Gasteiger partial charge in [-0.05, 0) is 19.3 Å². The molecule has 0 rings (SSSR count). The molecule has 3 N–H and O–H groups in total. The van der Waals surface area contributed by atoms with Crippen LogP contribution in [0.4, 0.5) is 0 Å². The number of hydrogen-bond acceptors (Lipinski definition) is 3. The van der Waals surface area contributed by atoms with E-state index in [1.54, 1.807) is 0 Å². The van der Waals surface area contributed by atoms with E-state index in [9.17, 15) is 14.4 Å². The van der Waals surface area contributed by atoms with Gasteiger partial charge in [-0.25, -0.2) is 0 Å². The molecule has 0 aliphatic rings. The highest BCUT2D eigenvalue weighted by atomic mass is 16.4. The highest BCUT2D eigenvalue weighted by Gasteiger charge is 1.98. The van der Waals surface area contributed by atoms with Crippen molar-refractivity contribution in [2.24, 2.45) is 0 Å². The molecule has 0 aromatic rings. The Bertz CT molecular complexity index is 607. The Morgan fingerprint density at radius 3 is 0.522 bits per heavy atom. The Morgan fingerprint density at radius 2 is 0.391 bits per heavy atom. The summed E-state index contributed by atoms with van der Waals surface area (Å²) in [5.41, 5.74) is 0. The molecule has 0 bridgehead atoms. The van der Waals surface area contributed by atoms with Crippen LogP contribution in [0.2, 0.25) is 0 Å². The molecule has 0 fully saturated rings. The van der Waals surface area contributed by atoms with Crippen molar-refractivity contribution in [3.63, 3.8) is 0 Å². The lowest BCUT2D eigenvalue weighted by molar-refractivity contribution is -0.138. The molecule has 0 aliphatic heterocycles. The molecule has 276 valence electrons. The van der Waals surface area contributed by atoms with E-state index >= 15 is 0 Å². The summed E-state index contributed by atoms with van der Waals surface area (Å²) in [6.07, 6.45) is 40.3. The van der Waals surface area contributed by atoms with Crippen LogP contribution in [0.15, 0.2) is 0 Å². The lowest BCUT2D eigenvalue weighted by atomic mass is 10.0. The van der Waals surface area contributed by atoms with Crippen LogP contribution in [0.5, 0.6) is 0 Å². The summed E-state index contributed by atoms with van der Waals surface area (Å²) in [5, 5.41) is 25.3. The molecule has 0 radical (unpaired) electrons. The maximum Gasteiger partial charge on any atom is 0.303 e. The topological polar surface area (TPSA) is 112 Å². The van der Waals surface area contributed by atoms with E-state index in [4.69, 9.17) is 15.3 Å². The van der Waals surface area contributed by atoms with E-state index in [1.807, 2.05) is 0 Å². The fourth-order valence-corrected chi connectivity index (χ4v) is 5.47. The molecule has 0 saturated carbocycles. The highest BCUT2D eigenvalue weighted by molar-refractivity contribution is 5.67. The van der Waals surface area contributed by atoms with E-state index < -0.39 is 17.9 Å². The maximum atomic E-state index is 10.3. The van der Waals surface area contributed by atoms with Crippen LogP contribution >= 0.6 is 0 Å². The van der Waals surface area contributed by atoms with E-state index in [2.05, 4.69) is 20.8 Å². The first-order chi connectivity index (χ1) is 22.3. The molecule has 6 heteroatoms. The minimum atomic E-state index is -0.663. The number of aliphatic carboxylic acids is 3. The third-order valence-electron chi connectivity index (χ3n) is 8.48. The third kappa shape index (κ3) is 58.0. The molecule has 0 saturated heterocycles. The second-order valence-electron chi connectivity index (χ2n) is 13.3. The number of carboxylic acids is 3. The summed E-state index contributed by atoms with van der Waals surface area (Å²) < 4.78 is 0. The number of carbonyl (C=O) groups is 3. The minimum absolute atomic E-state index is 0.341. The first-order valence-electron chi connectivity index (χ1n) is 20.0. The summed E-state index contributed by atoms with van der Waals surface area (Å²) in [7, 11) is 0. The number of unbranched alkanes of at least 4 members (excludes halogenated alkanes) is 28. The highest BCUT2D eigenvalue weighted by Crippen LogP contribution is 2.14. The predicted molar refractivity (Wildman–Crippen MR) is 197 cm³/mol. The van der Waals surface area contributed by atoms with Crippen LogP contribution in [0.1, 0.15) is 239 Å². The summed E-state index contributed by atoms with van der Waals surface area (Å²) in [6, 6.07) is 0. The fourth-order valence-electron chi connectivity index (χ4n) is 5.47. The Kier molecular flexibility index (Phi) is 48.3. The Balaban J connectivity index is -0.000000628. The molecule has 0 heterocycles. The van der Waals surface area contributed by atoms with Gasteiger partial charge in [0.1, 0.15) is 0 Å². The van der Waals surface area contributed by atoms with Gasteiger partial charge in [0.25, 0.3) is 0 Å². The molecular weight excluding hydrogens is 576 g/mol. The molecule has 6 nitrogen and oxygen atoms in total. The van der Waals surface area contributed by atoms with Gasteiger partial charge in [0.15, 0.2) is 0 Å². The second kappa shape index (κ2) is 45.5. The van der Waals surface area contributed by atoms with Crippen molar-refractivity contribution >= 4 is 17.9 Å². The number of hydrogen-bond donors (Lipinski definition) is 3.